The Hall–Kier alpha value is -2.96. The Morgan fingerprint density at radius 1 is 1.27 bits per heavy atom. The normalized spacial score (nSPS) is 14.8. The summed E-state index contributed by atoms with van der Waals surface area (Å²) in [5.41, 5.74) is 2.36. The molecule has 0 atom stereocenters. The van der Waals surface area contributed by atoms with Crippen molar-refractivity contribution in [2.24, 2.45) is 0 Å². The van der Waals surface area contributed by atoms with Gasteiger partial charge in [0.15, 0.2) is 5.89 Å². The summed E-state index contributed by atoms with van der Waals surface area (Å²) in [5.74, 6) is 1.38. The van der Waals surface area contributed by atoms with Crippen LogP contribution in [0.3, 0.4) is 0 Å². The largest absolute Gasteiger partial charge is 0.444 e. The Labute approximate surface area is 152 Å². The molecule has 136 valence electrons. The van der Waals surface area contributed by atoms with E-state index in [1.165, 1.54) is 11.1 Å². The molecule has 0 aliphatic carbocycles. The average molecular weight is 353 g/mol. The highest BCUT2D eigenvalue weighted by Crippen LogP contribution is 2.26. The van der Waals surface area contributed by atoms with Crippen molar-refractivity contribution in [3.8, 4) is 0 Å². The third kappa shape index (κ3) is 3.24. The summed E-state index contributed by atoms with van der Waals surface area (Å²) in [7, 11) is 0. The molecule has 4 rings (SSSR count). The molecule has 1 aliphatic heterocycles. The molecule has 1 aromatic carbocycles. The second-order valence-corrected chi connectivity index (χ2v) is 6.42. The van der Waals surface area contributed by atoms with Crippen LogP contribution in [0.25, 0.3) is 10.9 Å². The first kappa shape index (κ1) is 16.5. The molecule has 0 unspecified atom stereocenters. The lowest BCUT2D eigenvalue weighted by atomic mass is 10.2. The molecule has 2 aromatic heterocycles. The maximum atomic E-state index is 12.4. The number of aromatic amines is 1. The van der Waals surface area contributed by atoms with E-state index in [1.54, 1.807) is 6.20 Å². The highest BCUT2D eigenvalue weighted by atomic mass is 16.4. The summed E-state index contributed by atoms with van der Waals surface area (Å²) in [6.07, 6.45) is 4.39. The average Bonchev–Trinajstić information content (AvgIpc) is 3.35. The topological polar surface area (TPSA) is 77.4 Å². The quantitative estimate of drug-likeness (QED) is 0.756. The van der Waals surface area contributed by atoms with Crippen molar-refractivity contribution >= 4 is 22.6 Å². The van der Waals surface area contributed by atoms with E-state index in [4.69, 9.17) is 4.42 Å². The SMILES string of the molecule is CCc1ncc(CNC(=O)N2CCN(c3cccc4[nH]ccc34)CC2)o1. The summed E-state index contributed by atoms with van der Waals surface area (Å²) in [6.45, 7) is 5.39. The van der Waals surface area contributed by atoms with Crippen molar-refractivity contribution < 1.29 is 9.21 Å². The van der Waals surface area contributed by atoms with Crippen LogP contribution in [-0.4, -0.2) is 47.1 Å². The van der Waals surface area contributed by atoms with Crippen LogP contribution in [-0.2, 0) is 13.0 Å². The summed E-state index contributed by atoms with van der Waals surface area (Å²) >= 11 is 0. The lowest BCUT2D eigenvalue weighted by molar-refractivity contribution is 0.193. The lowest BCUT2D eigenvalue weighted by Gasteiger charge is -2.36. The van der Waals surface area contributed by atoms with Crippen LogP contribution < -0.4 is 10.2 Å². The Kier molecular flexibility index (Phi) is 4.51. The van der Waals surface area contributed by atoms with Gasteiger partial charge < -0.3 is 24.5 Å². The number of oxazole rings is 1. The third-order valence-corrected chi connectivity index (χ3v) is 4.80. The first-order chi connectivity index (χ1) is 12.7. The van der Waals surface area contributed by atoms with E-state index in [0.29, 0.717) is 31.3 Å². The molecule has 0 spiro atoms. The van der Waals surface area contributed by atoms with Gasteiger partial charge in [0.1, 0.15) is 5.76 Å². The predicted octanol–water partition coefficient (Wildman–Crippen LogP) is 2.75. The number of hydrogen-bond donors (Lipinski definition) is 2. The monoisotopic (exact) mass is 353 g/mol. The molecule has 7 nitrogen and oxygen atoms in total. The summed E-state index contributed by atoms with van der Waals surface area (Å²) in [5, 5.41) is 4.14. The van der Waals surface area contributed by atoms with Crippen LogP contribution in [0, 0.1) is 0 Å². The molecular weight excluding hydrogens is 330 g/mol. The molecule has 3 aromatic rings. The molecule has 0 saturated carbocycles. The minimum atomic E-state index is -0.0565. The second kappa shape index (κ2) is 7.11. The number of hydrogen-bond acceptors (Lipinski definition) is 4. The maximum Gasteiger partial charge on any atom is 0.317 e. The van der Waals surface area contributed by atoms with Gasteiger partial charge in [-0.15, -0.1) is 0 Å². The maximum absolute atomic E-state index is 12.4. The number of benzene rings is 1. The molecule has 1 fully saturated rings. The zero-order chi connectivity index (χ0) is 17.9. The fourth-order valence-corrected chi connectivity index (χ4v) is 3.36. The van der Waals surface area contributed by atoms with Gasteiger partial charge in [-0.05, 0) is 18.2 Å². The van der Waals surface area contributed by atoms with E-state index < -0.39 is 0 Å². The zero-order valence-electron chi connectivity index (χ0n) is 14.9. The Balaban J connectivity index is 1.33. The number of nitrogens with one attached hydrogen (secondary N) is 2. The number of urea groups is 1. The van der Waals surface area contributed by atoms with Crippen molar-refractivity contribution in [3.63, 3.8) is 0 Å². The van der Waals surface area contributed by atoms with E-state index in [0.717, 1.165) is 25.0 Å². The lowest BCUT2D eigenvalue weighted by Crippen LogP contribution is -2.51. The van der Waals surface area contributed by atoms with Gasteiger partial charge in [-0.25, -0.2) is 9.78 Å². The summed E-state index contributed by atoms with van der Waals surface area (Å²) in [6, 6.07) is 8.33. The number of nitrogens with zero attached hydrogens (tertiary/aromatic N) is 3. The van der Waals surface area contributed by atoms with Gasteiger partial charge in [0.05, 0.1) is 12.7 Å². The van der Waals surface area contributed by atoms with Crippen LogP contribution in [0.5, 0.6) is 0 Å². The zero-order valence-corrected chi connectivity index (χ0v) is 14.9. The number of piperazine rings is 1. The molecule has 1 saturated heterocycles. The van der Waals surface area contributed by atoms with Crippen LogP contribution in [0.1, 0.15) is 18.6 Å². The molecule has 3 heterocycles. The number of amides is 2. The van der Waals surface area contributed by atoms with Gasteiger partial charge in [0, 0.05) is 55.4 Å². The molecule has 2 amide bonds. The van der Waals surface area contributed by atoms with Gasteiger partial charge in [0.25, 0.3) is 0 Å². The van der Waals surface area contributed by atoms with E-state index in [9.17, 15) is 4.79 Å². The van der Waals surface area contributed by atoms with Crippen LogP contribution in [0.4, 0.5) is 10.5 Å². The predicted molar refractivity (Wildman–Crippen MR) is 100 cm³/mol. The first-order valence-electron chi connectivity index (χ1n) is 9.02. The number of anilines is 1. The Bertz CT molecular complexity index is 892. The number of rotatable bonds is 4. The van der Waals surface area contributed by atoms with Crippen molar-refractivity contribution in [1.82, 2.24) is 20.2 Å². The molecule has 2 N–H and O–H groups in total. The molecule has 0 radical (unpaired) electrons. The summed E-state index contributed by atoms with van der Waals surface area (Å²) < 4.78 is 5.52. The fraction of sp³-hybridized carbons (Fsp3) is 0.368. The Morgan fingerprint density at radius 2 is 2.12 bits per heavy atom. The standard InChI is InChI=1S/C19H23N5O2/c1-2-18-21-12-14(26-18)13-22-19(25)24-10-8-23(9-11-24)17-5-3-4-16-15(17)6-7-20-16/h3-7,12,20H,2,8-11,13H2,1H3,(H,22,25). The number of aryl methyl sites for hydroxylation is 1. The van der Waals surface area contributed by atoms with E-state index >= 15 is 0 Å². The molecule has 7 heteroatoms. The first-order valence-corrected chi connectivity index (χ1v) is 9.02. The molecule has 26 heavy (non-hydrogen) atoms. The van der Waals surface area contributed by atoms with E-state index in [-0.39, 0.29) is 6.03 Å². The number of carbonyl (C=O) groups is 1. The van der Waals surface area contributed by atoms with Gasteiger partial charge in [0.2, 0.25) is 0 Å². The number of fused-ring (bicyclic) bond motifs is 1. The van der Waals surface area contributed by atoms with Crippen molar-refractivity contribution in [2.75, 3.05) is 31.1 Å². The van der Waals surface area contributed by atoms with Gasteiger partial charge in [-0.1, -0.05) is 13.0 Å². The number of aromatic nitrogens is 2. The minimum Gasteiger partial charge on any atom is -0.444 e. The smallest absolute Gasteiger partial charge is 0.317 e. The highest BCUT2D eigenvalue weighted by molar-refractivity contribution is 5.92. The molecule has 1 aliphatic rings. The second-order valence-electron chi connectivity index (χ2n) is 6.42. The van der Waals surface area contributed by atoms with Crippen LogP contribution in [0.2, 0.25) is 0 Å². The van der Waals surface area contributed by atoms with Gasteiger partial charge in [-0.3, -0.25) is 0 Å². The Morgan fingerprint density at radius 3 is 2.88 bits per heavy atom. The number of H-pyrrole nitrogens is 1. The van der Waals surface area contributed by atoms with Crippen LogP contribution in [0.15, 0.2) is 41.1 Å². The van der Waals surface area contributed by atoms with E-state index in [2.05, 4.69) is 44.5 Å². The minimum absolute atomic E-state index is 0.0565. The van der Waals surface area contributed by atoms with Gasteiger partial charge >= 0.3 is 6.03 Å². The van der Waals surface area contributed by atoms with Gasteiger partial charge in [-0.2, -0.15) is 0 Å². The van der Waals surface area contributed by atoms with Crippen molar-refractivity contribution in [3.05, 3.63) is 48.3 Å². The van der Waals surface area contributed by atoms with E-state index in [1.807, 2.05) is 18.0 Å². The third-order valence-electron chi connectivity index (χ3n) is 4.80. The number of carbonyl (C=O) groups excluding carboxylic acids is 1. The van der Waals surface area contributed by atoms with Crippen LogP contribution >= 0.6 is 0 Å². The van der Waals surface area contributed by atoms with Crippen molar-refractivity contribution in [2.45, 2.75) is 19.9 Å². The fourth-order valence-electron chi connectivity index (χ4n) is 3.36. The molecular formula is C19H23N5O2. The summed E-state index contributed by atoms with van der Waals surface area (Å²) in [4.78, 5) is 24.0. The highest BCUT2D eigenvalue weighted by Gasteiger charge is 2.22. The van der Waals surface area contributed by atoms with Crippen molar-refractivity contribution in [1.29, 1.82) is 0 Å². The molecule has 0 bridgehead atoms.